The molecule has 0 aliphatic heterocycles. The Morgan fingerprint density at radius 1 is 1.75 bits per heavy atom. The lowest BCUT2D eigenvalue weighted by Crippen LogP contribution is -2.20. The zero-order chi connectivity index (χ0) is 9.40. The van der Waals surface area contributed by atoms with Crippen molar-refractivity contribution in [2.75, 3.05) is 6.54 Å². The number of aryl methyl sites for hydroxylation is 1. The van der Waals surface area contributed by atoms with Crippen LogP contribution in [0, 0.1) is 0 Å². The average molecular weight is 165 g/mol. The van der Waals surface area contributed by atoms with Gasteiger partial charge in [-0.2, -0.15) is 0 Å². The fourth-order valence-corrected chi connectivity index (χ4v) is 0.500. The highest BCUT2D eigenvalue weighted by Gasteiger charge is 1.78. The molecule has 1 aromatic heterocycles. The molecule has 1 amide bonds. The van der Waals surface area contributed by atoms with Crippen molar-refractivity contribution in [3.8, 4) is 0 Å². The molecule has 2 radical (unpaired) electrons. The van der Waals surface area contributed by atoms with Crippen LogP contribution in [-0.4, -0.2) is 29.7 Å². The van der Waals surface area contributed by atoms with E-state index in [2.05, 4.69) is 18.1 Å². The first-order valence-electron chi connectivity index (χ1n) is 3.62. The lowest BCUT2D eigenvalue weighted by molar-refractivity contribution is 0.260. The highest BCUT2D eigenvalue weighted by atomic mass is 16.1. The number of aromatic nitrogens is 2. The predicted octanol–water partition coefficient (Wildman–Crippen LogP) is 0.304. The van der Waals surface area contributed by atoms with E-state index in [0.29, 0.717) is 6.54 Å². The van der Waals surface area contributed by atoms with E-state index < -0.39 is 5.81 Å². The van der Waals surface area contributed by atoms with Gasteiger partial charge in [0.25, 0.3) is 0 Å². The predicted molar refractivity (Wildman–Crippen MR) is 48.0 cm³/mol. The normalized spacial score (nSPS) is 8.17. The van der Waals surface area contributed by atoms with Crippen LogP contribution < -0.4 is 5.32 Å². The summed E-state index contributed by atoms with van der Waals surface area (Å²) < 4.78 is 1.89. The van der Waals surface area contributed by atoms with E-state index >= 15 is 0 Å². The van der Waals surface area contributed by atoms with Crippen molar-refractivity contribution >= 4 is 13.7 Å². The molecule has 12 heavy (non-hydrogen) atoms. The molecular weight excluding hydrogens is 153 g/mol. The SMILES string of the molecule is Cn1ccnc1.[B]C(=O)NCC. The van der Waals surface area contributed by atoms with E-state index in [0.717, 1.165) is 0 Å². The summed E-state index contributed by atoms with van der Waals surface area (Å²) in [5.74, 6) is -0.461. The minimum atomic E-state index is -0.461. The molecule has 0 atom stereocenters. The van der Waals surface area contributed by atoms with Gasteiger partial charge in [-0.3, -0.25) is 4.79 Å². The first-order valence-corrected chi connectivity index (χ1v) is 3.62. The first kappa shape index (κ1) is 10.7. The minimum Gasteiger partial charge on any atom is -0.366 e. The molecule has 0 aliphatic rings. The Morgan fingerprint density at radius 3 is 2.50 bits per heavy atom. The number of rotatable bonds is 1. The Balaban J connectivity index is 0.000000202. The van der Waals surface area contributed by atoms with Crippen LogP contribution in [0.25, 0.3) is 0 Å². The van der Waals surface area contributed by atoms with E-state index in [-0.39, 0.29) is 0 Å². The fraction of sp³-hybridized carbons (Fsp3) is 0.429. The standard InChI is InChI=1S/C4H6N2.C3H6BNO/c1-6-3-2-5-4-6;1-2-5-3(4)6/h2-4H,1H3;2H2,1H3,(H,5,6). The molecule has 0 saturated carbocycles. The first-order chi connectivity index (χ1) is 5.66. The zero-order valence-corrected chi connectivity index (χ0v) is 7.32. The maximum absolute atomic E-state index is 9.71. The molecule has 1 N–H and O–H groups in total. The van der Waals surface area contributed by atoms with Crippen molar-refractivity contribution in [1.82, 2.24) is 14.9 Å². The summed E-state index contributed by atoms with van der Waals surface area (Å²) in [5, 5.41) is 2.35. The molecule has 0 aliphatic carbocycles. The van der Waals surface area contributed by atoms with Crippen molar-refractivity contribution in [2.45, 2.75) is 6.92 Å². The van der Waals surface area contributed by atoms with Crippen LogP contribution >= 0.6 is 0 Å². The van der Waals surface area contributed by atoms with E-state index in [1.165, 1.54) is 0 Å². The van der Waals surface area contributed by atoms with Gasteiger partial charge in [0.05, 0.1) is 6.33 Å². The van der Waals surface area contributed by atoms with Crippen molar-refractivity contribution in [3.05, 3.63) is 18.7 Å². The van der Waals surface area contributed by atoms with E-state index in [4.69, 9.17) is 0 Å². The van der Waals surface area contributed by atoms with Crippen molar-refractivity contribution in [3.63, 3.8) is 0 Å². The topological polar surface area (TPSA) is 46.9 Å². The molecule has 64 valence electrons. The molecule has 1 aromatic rings. The van der Waals surface area contributed by atoms with Crippen LogP contribution in [0.5, 0.6) is 0 Å². The third-order valence-corrected chi connectivity index (χ3v) is 0.988. The number of hydrogen-bond acceptors (Lipinski definition) is 2. The lowest BCUT2D eigenvalue weighted by atomic mass is 10.1. The highest BCUT2D eigenvalue weighted by molar-refractivity contribution is 6.57. The molecule has 0 saturated heterocycles. The number of hydrogen-bond donors (Lipinski definition) is 1. The number of nitrogens with one attached hydrogen (secondary N) is 1. The van der Waals surface area contributed by atoms with Gasteiger partial charge in [-0.15, -0.1) is 0 Å². The Kier molecular flexibility index (Phi) is 5.78. The van der Waals surface area contributed by atoms with Crippen molar-refractivity contribution in [1.29, 1.82) is 0 Å². The molecule has 0 aromatic carbocycles. The molecule has 4 nitrogen and oxygen atoms in total. The van der Waals surface area contributed by atoms with Gasteiger partial charge in [-0.1, -0.05) is 0 Å². The van der Waals surface area contributed by atoms with Gasteiger partial charge in [0, 0.05) is 26.0 Å². The zero-order valence-electron chi connectivity index (χ0n) is 7.32. The van der Waals surface area contributed by atoms with Crippen LogP contribution in [0.3, 0.4) is 0 Å². The molecule has 1 rings (SSSR count). The number of carbonyl (C=O) groups excluding carboxylic acids is 1. The van der Waals surface area contributed by atoms with Crippen molar-refractivity contribution < 1.29 is 4.79 Å². The Labute approximate surface area is 73.4 Å². The number of nitrogens with zero attached hydrogens (tertiary/aromatic N) is 2. The molecule has 5 heteroatoms. The molecule has 0 spiro atoms. The second-order valence-electron chi connectivity index (χ2n) is 2.12. The van der Waals surface area contributed by atoms with Gasteiger partial charge in [0.2, 0.25) is 0 Å². The maximum atomic E-state index is 9.71. The van der Waals surface area contributed by atoms with Crippen LogP contribution in [0.2, 0.25) is 0 Å². The summed E-state index contributed by atoms with van der Waals surface area (Å²) in [6, 6.07) is 0. The van der Waals surface area contributed by atoms with E-state index in [1.807, 2.05) is 24.7 Å². The van der Waals surface area contributed by atoms with Crippen LogP contribution in [-0.2, 0) is 7.05 Å². The second kappa shape index (κ2) is 6.45. The smallest absolute Gasteiger partial charge is 0.200 e. The van der Waals surface area contributed by atoms with Gasteiger partial charge in [-0.05, 0) is 6.92 Å². The highest BCUT2D eigenvalue weighted by Crippen LogP contribution is 1.73. The Hall–Kier alpha value is -1.26. The Bertz CT molecular complexity index is 210. The average Bonchev–Trinajstić information content (AvgIpc) is 2.40. The summed E-state index contributed by atoms with van der Waals surface area (Å²) in [6.45, 7) is 2.42. The molecule has 0 unspecified atom stereocenters. The largest absolute Gasteiger partial charge is 0.366 e. The lowest BCUT2D eigenvalue weighted by Gasteiger charge is -1.89. The monoisotopic (exact) mass is 165 g/mol. The van der Waals surface area contributed by atoms with Gasteiger partial charge in [0.1, 0.15) is 0 Å². The minimum absolute atomic E-state index is 0.461. The summed E-state index contributed by atoms with van der Waals surface area (Å²) in [6.07, 6.45) is 5.39. The third kappa shape index (κ3) is 6.86. The summed E-state index contributed by atoms with van der Waals surface area (Å²) in [7, 11) is 6.59. The van der Waals surface area contributed by atoms with Crippen LogP contribution in [0.4, 0.5) is 4.79 Å². The van der Waals surface area contributed by atoms with E-state index in [9.17, 15) is 4.79 Å². The molecule has 0 fully saturated rings. The number of imidazole rings is 1. The third-order valence-electron chi connectivity index (χ3n) is 0.988. The summed E-state index contributed by atoms with van der Waals surface area (Å²) in [4.78, 5) is 13.5. The quantitative estimate of drug-likeness (QED) is 0.608. The van der Waals surface area contributed by atoms with E-state index in [1.54, 1.807) is 12.5 Å². The maximum Gasteiger partial charge on any atom is 0.200 e. The van der Waals surface area contributed by atoms with Gasteiger partial charge in [0.15, 0.2) is 13.7 Å². The number of carbonyl (C=O) groups is 1. The van der Waals surface area contributed by atoms with Crippen LogP contribution in [0.15, 0.2) is 18.7 Å². The summed E-state index contributed by atoms with van der Waals surface area (Å²) in [5.41, 5.74) is 0. The van der Waals surface area contributed by atoms with Crippen LogP contribution in [0.1, 0.15) is 6.92 Å². The van der Waals surface area contributed by atoms with Gasteiger partial charge < -0.3 is 9.88 Å². The fourth-order valence-electron chi connectivity index (χ4n) is 0.500. The van der Waals surface area contributed by atoms with Gasteiger partial charge in [-0.25, -0.2) is 4.98 Å². The number of amides is 1. The second-order valence-corrected chi connectivity index (χ2v) is 2.12. The summed E-state index contributed by atoms with van der Waals surface area (Å²) >= 11 is 0. The molecule has 0 bridgehead atoms. The molecular formula is C7H12BN3O. The molecule has 1 heterocycles. The van der Waals surface area contributed by atoms with Gasteiger partial charge >= 0.3 is 0 Å². The Morgan fingerprint density at radius 2 is 2.42 bits per heavy atom. The van der Waals surface area contributed by atoms with Crippen molar-refractivity contribution in [2.24, 2.45) is 7.05 Å².